The molecule has 2 aromatic rings. The van der Waals surface area contributed by atoms with E-state index in [9.17, 15) is 14.0 Å². The smallest absolute Gasteiger partial charge is 0.150 e. The maximum Gasteiger partial charge on any atom is 0.150 e. The van der Waals surface area contributed by atoms with Gasteiger partial charge in [-0.05, 0) is 43.8 Å². The van der Waals surface area contributed by atoms with Crippen molar-refractivity contribution in [3.05, 3.63) is 46.9 Å². The summed E-state index contributed by atoms with van der Waals surface area (Å²) < 4.78 is 18.4. The second-order valence-corrected chi connectivity index (χ2v) is 5.32. The van der Waals surface area contributed by atoms with Gasteiger partial charge in [-0.2, -0.15) is 7.05 Å². The molecule has 1 aromatic heterocycles. The van der Waals surface area contributed by atoms with E-state index in [4.69, 9.17) is 4.52 Å². The van der Waals surface area contributed by atoms with Gasteiger partial charge in [-0.15, -0.1) is 0 Å². The number of nitrogens with one attached hydrogen (secondary N) is 1. The Morgan fingerprint density at radius 2 is 2.08 bits per heavy atom. The van der Waals surface area contributed by atoms with Gasteiger partial charge in [0.15, 0.2) is 0 Å². The number of aldehydes is 2. The van der Waals surface area contributed by atoms with Gasteiger partial charge in [-0.25, -0.2) is 4.39 Å². The summed E-state index contributed by atoms with van der Waals surface area (Å²) in [6, 6.07) is 4.03. The first-order chi connectivity index (χ1) is 12.1. The zero-order chi connectivity index (χ0) is 18.7. The van der Waals surface area contributed by atoms with Crippen LogP contribution in [0.1, 0.15) is 29.5 Å². The summed E-state index contributed by atoms with van der Waals surface area (Å²) in [6.07, 6.45) is 4.66. The molecule has 1 unspecified atom stereocenters. The number of carbonyl (C=O) groups excluding carboxylic acids is 2. The molecule has 26 heavy (non-hydrogen) atoms. The number of aromatic nitrogens is 1. The van der Waals surface area contributed by atoms with Crippen molar-refractivity contribution >= 4 is 12.6 Å². The largest absolute Gasteiger partial charge is 0.655 e. The number of hydrogen-bond donors (Lipinski definition) is 1. The fraction of sp³-hybridized carbons (Fsp3) is 0.389. The van der Waals surface area contributed by atoms with Gasteiger partial charge in [0, 0.05) is 39.9 Å². The van der Waals surface area contributed by atoms with E-state index in [1.807, 2.05) is 6.92 Å². The average Bonchev–Trinajstić information content (AvgIpc) is 3.08. The topological polar surface area (TPSA) is 86.3 Å². The first-order valence-electron chi connectivity index (χ1n) is 7.98. The Hall–Kier alpha value is -1.64. The van der Waals surface area contributed by atoms with Crippen molar-refractivity contribution in [3.63, 3.8) is 0 Å². The maximum atomic E-state index is 13.3. The van der Waals surface area contributed by atoms with E-state index in [1.165, 1.54) is 12.1 Å². The summed E-state index contributed by atoms with van der Waals surface area (Å²) in [6.45, 7) is 2.66. The van der Waals surface area contributed by atoms with Crippen LogP contribution < -0.4 is 5.32 Å². The van der Waals surface area contributed by atoms with Crippen molar-refractivity contribution in [2.45, 2.75) is 25.8 Å². The van der Waals surface area contributed by atoms with Crippen molar-refractivity contribution in [1.82, 2.24) is 10.5 Å². The predicted octanol–water partition coefficient (Wildman–Crippen LogP) is 3.02. The molecule has 1 N–H and O–H groups in total. The van der Waals surface area contributed by atoms with Crippen LogP contribution in [-0.4, -0.2) is 44.4 Å². The minimum atomic E-state index is -0.437. The Morgan fingerprint density at radius 3 is 2.58 bits per heavy atom. The third kappa shape index (κ3) is 7.72. The van der Waals surface area contributed by atoms with E-state index in [2.05, 4.69) is 15.8 Å². The number of likely N-dealkylation sites (N-methyl/N-ethyl adjacent to an activating group) is 2. The van der Waals surface area contributed by atoms with Gasteiger partial charge in [0.25, 0.3) is 0 Å². The Balaban J connectivity index is 0.000000597. The van der Waals surface area contributed by atoms with Gasteiger partial charge in [-0.3, -0.25) is 4.79 Å². The molecule has 0 aliphatic carbocycles. The molecule has 0 saturated carbocycles. The normalized spacial score (nSPS) is 10.9. The van der Waals surface area contributed by atoms with Crippen LogP contribution in [0.15, 0.2) is 28.9 Å². The fourth-order valence-corrected chi connectivity index (χ4v) is 2.15. The van der Waals surface area contributed by atoms with Gasteiger partial charge in [0.2, 0.25) is 0 Å². The molecule has 0 spiro atoms. The SMILES string of the molecule is CCCc1oncc1-c1cc(F)cc(C=O)c1.C[N-]C(C=O)CNC.[Nb]. The quantitative estimate of drug-likeness (QED) is 0.503. The molecule has 0 saturated heterocycles. The number of carbonyl (C=O) groups is 2. The molecule has 0 amide bonds. The molecule has 2 rings (SSSR count). The number of nitrogens with zero attached hydrogens (tertiary/aromatic N) is 2. The molecule has 1 radical (unpaired) electrons. The van der Waals surface area contributed by atoms with Gasteiger partial charge in [0.1, 0.15) is 24.1 Å². The predicted molar refractivity (Wildman–Crippen MR) is 94.3 cm³/mol. The Bertz CT molecular complexity index is 679. The molecule has 8 heteroatoms. The molecule has 1 heterocycles. The molecule has 141 valence electrons. The van der Waals surface area contributed by atoms with Crippen LogP contribution >= 0.6 is 0 Å². The zero-order valence-corrected chi connectivity index (χ0v) is 17.3. The first kappa shape index (κ1) is 24.4. The molecule has 0 fully saturated rings. The van der Waals surface area contributed by atoms with Crippen molar-refractivity contribution in [1.29, 1.82) is 0 Å². The Kier molecular flexibility index (Phi) is 12.7. The van der Waals surface area contributed by atoms with Crippen molar-refractivity contribution in [2.24, 2.45) is 0 Å². The maximum absolute atomic E-state index is 13.3. The number of rotatable bonds is 8. The molecular formula is C18H23FN3NbO3-. The van der Waals surface area contributed by atoms with Crippen molar-refractivity contribution in [2.75, 3.05) is 20.6 Å². The van der Waals surface area contributed by atoms with Gasteiger partial charge in [-0.1, -0.05) is 18.1 Å². The Morgan fingerprint density at radius 1 is 1.35 bits per heavy atom. The summed E-state index contributed by atoms with van der Waals surface area (Å²) in [4.78, 5) is 20.7. The molecular weight excluding hydrogens is 418 g/mol. The molecule has 0 bridgehead atoms. The van der Waals surface area contributed by atoms with Crippen LogP contribution in [0.3, 0.4) is 0 Å². The molecule has 0 aliphatic heterocycles. The van der Waals surface area contributed by atoms with E-state index in [-0.39, 0.29) is 28.4 Å². The van der Waals surface area contributed by atoms with Crippen LogP contribution in [0.2, 0.25) is 0 Å². The monoisotopic (exact) mass is 441 g/mol. The first-order valence-corrected chi connectivity index (χ1v) is 7.98. The minimum Gasteiger partial charge on any atom is -0.655 e. The summed E-state index contributed by atoms with van der Waals surface area (Å²) in [5.74, 6) is 0.281. The fourth-order valence-electron chi connectivity index (χ4n) is 2.15. The van der Waals surface area contributed by atoms with Crippen LogP contribution in [0, 0.1) is 5.82 Å². The van der Waals surface area contributed by atoms with Crippen LogP contribution in [0.5, 0.6) is 0 Å². The minimum absolute atomic E-state index is 0. The molecule has 6 nitrogen and oxygen atoms in total. The molecule has 1 atom stereocenters. The number of aryl methyl sites for hydroxylation is 1. The molecule has 1 aromatic carbocycles. The van der Waals surface area contributed by atoms with E-state index >= 15 is 0 Å². The van der Waals surface area contributed by atoms with Crippen LogP contribution in [0.4, 0.5) is 4.39 Å². The van der Waals surface area contributed by atoms with E-state index < -0.39 is 5.82 Å². The summed E-state index contributed by atoms with van der Waals surface area (Å²) in [5.41, 5.74) is 1.68. The third-order valence-electron chi connectivity index (χ3n) is 3.39. The van der Waals surface area contributed by atoms with E-state index in [1.54, 1.807) is 26.4 Å². The van der Waals surface area contributed by atoms with Crippen LogP contribution in [0.25, 0.3) is 16.4 Å². The Labute approximate surface area is 168 Å². The van der Waals surface area contributed by atoms with E-state index in [0.29, 0.717) is 24.0 Å². The number of halogens is 1. The van der Waals surface area contributed by atoms with Gasteiger partial charge in [0.05, 0.1) is 6.20 Å². The second-order valence-electron chi connectivity index (χ2n) is 5.32. The van der Waals surface area contributed by atoms with Crippen molar-refractivity contribution < 1.29 is 40.9 Å². The third-order valence-corrected chi connectivity index (χ3v) is 3.39. The zero-order valence-electron chi connectivity index (χ0n) is 15.1. The van der Waals surface area contributed by atoms with Crippen LogP contribution in [-0.2, 0) is 33.6 Å². The van der Waals surface area contributed by atoms with Crippen molar-refractivity contribution in [3.8, 4) is 11.1 Å². The number of benzene rings is 1. The molecule has 0 aliphatic rings. The average molecular weight is 441 g/mol. The number of hydrogen-bond acceptors (Lipinski definition) is 5. The van der Waals surface area contributed by atoms with Gasteiger partial charge < -0.3 is 20.0 Å². The second kappa shape index (κ2) is 13.5. The standard InChI is InChI=1S/C13H12FNO2.C5H11N2O.Nb/c1-2-3-13-12(7-15-17-13)10-4-9(8-16)5-11(14)6-10;1-6-3-5(4-8)7-2;/h4-8H,2-3H2,1H3;4-6H,3H2,1-2H3;/q;-1;. The summed E-state index contributed by atoms with van der Waals surface area (Å²) >= 11 is 0. The summed E-state index contributed by atoms with van der Waals surface area (Å²) in [5, 5.41) is 10.3. The summed E-state index contributed by atoms with van der Waals surface area (Å²) in [7, 11) is 3.43. The van der Waals surface area contributed by atoms with Gasteiger partial charge >= 0.3 is 0 Å². The van der Waals surface area contributed by atoms with E-state index in [0.717, 1.165) is 30.5 Å².